The zero-order chi connectivity index (χ0) is 11.1. The van der Waals surface area contributed by atoms with Crippen LogP contribution < -0.4 is 5.73 Å². The van der Waals surface area contributed by atoms with E-state index in [1.165, 1.54) is 25.0 Å². The smallest absolute Gasteiger partial charge is 0.125 e. The van der Waals surface area contributed by atoms with Crippen LogP contribution in [-0.4, -0.2) is 12.4 Å². The third-order valence-electron chi connectivity index (χ3n) is 2.18. The van der Waals surface area contributed by atoms with Gasteiger partial charge in [0.2, 0.25) is 0 Å². The molecular formula is C12H17FN2. The van der Waals surface area contributed by atoms with Gasteiger partial charge in [-0.3, -0.25) is 4.99 Å². The average molecular weight is 208 g/mol. The maximum absolute atomic E-state index is 12.6. The van der Waals surface area contributed by atoms with Crippen LogP contribution in [0.3, 0.4) is 0 Å². The number of unbranched alkanes of at least 4 members (excludes halogenated alkanes) is 2. The van der Waals surface area contributed by atoms with Gasteiger partial charge < -0.3 is 5.73 Å². The summed E-state index contributed by atoms with van der Waals surface area (Å²) in [6, 6.07) is 6.08. The summed E-state index contributed by atoms with van der Waals surface area (Å²) >= 11 is 0. The molecule has 0 unspecified atom stereocenters. The van der Waals surface area contributed by atoms with Crippen molar-refractivity contribution >= 4 is 5.84 Å². The van der Waals surface area contributed by atoms with E-state index >= 15 is 0 Å². The van der Waals surface area contributed by atoms with Crippen LogP contribution in [0.2, 0.25) is 0 Å². The summed E-state index contributed by atoms with van der Waals surface area (Å²) in [5, 5.41) is 0. The number of nitrogens with two attached hydrogens (primary N) is 1. The molecule has 0 amide bonds. The highest BCUT2D eigenvalue weighted by atomic mass is 19.1. The normalized spacial score (nSPS) is 11.7. The zero-order valence-electron chi connectivity index (χ0n) is 9.04. The molecule has 15 heavy (non-hydrogen) atoms. The van der Waals surface area contributed by atoms with E-state index in [2.05, 4.69) is 11.9 Å². The first-order valence-corrected chi connectivity index (χ1v) is 5.30. The van der Waals surface area contributed by atoms with Crippen LogP contribution in [0, 0.1) is 5.82 Å². The highest BCUT2D eigenvalue weighted by molar-refractivity contribution is 5.97. The fourth-order valence-corrected chi connectivity index (χ4v) is 1.27. The third kappa shape index (κ3) is 4.11. The van der Waals surface area contributed by atoms with E-state index in [1.54, 1.807) is 12.1 Å². The second-order valence-electron chi connectivity index (χ2n) is 3.48. The van der Waals surface area contributed by atoms with E-state index in [4.69, 9.17) is 5.73 Å². The molecule has 0 aliphatic carbocycles. The van der Waals surface area contributed by atoms with Gasteiger partial charge in [0, 0.05) is 12.1 Å². The number of hydrogen-bond donors (Lipinski definition) is 1. The first-order valence-electron chi connectivity index (χ1n) is 5.30. The Morgan fingerprint density at radius 3 is 2.53 bits per heavy atom. The molecule has 3 heteroatoms. The summed E-state index contributed by atoms with van der Waals surface area (Å²) in [6.07, 6.45) is 3.39. The van der Waals surface area contributed by atoms with E-state index in [0.717, 1.165) is 18.5 Å². The van der Waals surface area contributed by atoms with Gasteiger partial charge in [0.15, 0.2) is 0 Å². The van der Waals surface area contributed by atoms with Gasteiger partial charge in [0.1, 0.15) is 11.7 Å². The number of aliphatic imine (C=N–C) groups is 1. The Morgan fingerprint density at radius 2 is 1.93 bits per heavy atom. The SMILES string of the molecule is CCCCCN=C(N)c1ccc(F)cc1. The van der Waals surface area contributed by atoms with E-state index in [-0.39, 0.29) is 5.82 Å². The zero-order valence-corrected chi connectivity index (χ0v) is 9.04. The molecule has 2 nitrogen and oxygen atoms in total. The topological polar surface area (TPSA) is 38.4 Å². The number of amidine groups is 1. The van der Waals surface area contributed by atoms with Crippen molar-refractivity contribution in [3.8, 4) is 0 Å². The molecule has 0 fully saturated rings. The number of hydrogen-bond acceptors (Lipinski definition) is 1. The minimum absolute atomic E-state index is 0.252. The van der Waals surface area contributed by atoms with Crippen molar-refractivity contribution in [2.45, 2.75) is 26.2 Å². The molecule has 0 spiro atoms. The predicted molar refractivity (Wildman–Crippen MR) is 61.5 cm³/mol. The van der Waals surface area contributed by atoms with Crippen molar-refractivity contribution < 1.29 is 4.39 Å². The van der Waals surface area contributed by atoms with Crippen LogP contribution in [0.15, 0.2) is 29.3 Å². The second-order valence-corrected chi connectivity index (χ2v) is 3.48. The molecule has 2 N–H and O–H groups in total. The largest absolute Gasteiger partial charge is 0.384 e. The summed E-state index contributed by atoms with van der Waals surface area (Å²) in [5.41, 5.74) is 6.54. The van der Waals surface area contributed by atoms with Gasteiger partial charge in [0.25, 0.3) is 0 Å². The highest BCUT2D eigenvalue weighted by Gasteiger charge is 1.97. The molecule has 0 aliphatic rings. The van der Waals surface area contributed by atoms with Crippen molar-refractivity contribution in [3.05, 3.63) is 35.6 Å². The van der Waals surface area contributed by atoms with Gasteiger partial charge in [-0.1, -0.05) is 19.8 Å². The Bertz CT molecular complexity index is 317. The minimum atomic E-state index is -0.252. The van der Waals surface area contributed by atoms with E-state index < -0.39 is 0 Å². The van der Waals surface area contributed by atoms with Gasteiger partial charge in [0.05, 0.1) is 0 Å². The van der Waals surface area contributed by atoms with Crippen molar-refractivity contribution in [2.24, 2.45) is 10.7 Å². The Kier molecular flexibility index (Phi) is 4.81. The maximum atomic E-state index is 12.6. The molecule has 0 heterocycles. The lowest BCUT2D eigenvalue weighted by molar-refractivity contribution is 0.627. The molecular weight excluding hydrogens is 191 g/mol. The first kappa shape index (κ1) is 11.7. The predicted octanol–water partition coefficient (Wildman–Crippen LogP) is 2.72. The lowest BCUT2D eigenvalue weighted by Gasteiger charge is -2.00. The highest BCUT2D eigenvalue weighted by Crippen LogP contribution is 2.03. The van der Waals surface area contributed by atoms with Crippen LogP contribution in [-0.2, 0) is 0 Å². The van der Waals surface area contributed by atoms with Crippen molar-refractivity contribution in [1.82, 2.24) is 0 Å². The molecule has 0 saturated heterocycles. The van der Waals surface area contributed by atoms with E-state index in [9.17, 15) is 4.39 Å². The van der Waals surface area contributed by atoms with Crippen LogP contribution >= 0.6 is 0 Å². The Hall–Kier alpha value is -1.38. The molecule has 0 saturated carbocycles. The molecule has 0 aliphatic heterocycles. The van der Waals surface area contributed by atoms with Crippen molar-refractivity contribution in [3.63, 3.8) is 0 Å². The molecule has 0 bridgehead atoms. The monoisotopic (exact) mass is 208 g/mol. The Morgan fingerprint density at radius 1 is 1.27 bits per heavy atom. The van der Waals surface area contributed by atoms with Gasteiger partial charge in [-0.25, -0.2) is 4.39 Å². The van der Waals surface area contributed by atoms with Crippen LogP contribution in [0.5, 0.6) is 0 Å². The van der Waals surface area contributed by atoms with Gasteiger partial charge in [-0.05, 0) is 30.7 Å². The number of benzene rings is 1. The third-order valence-corrected chi connectivity index (χ3v) is 2.18. The summed E-state index contributed by atoms with van der Waals surface area (Å²) in [6.45, 7) is 2.89. The Labute approximate surface area is 90.0 Å². The summed E-state index contributed by atoms with van der Waals surface area (Å²) in [5.74, 6) is 0.239. The van der Waals surface area contributed by atoms with E-state index in [0.29, 0.717) is 5.84 Å². The summed E-state index contributed by atoms with van der Waals surface area (Å²) in [4.78, 5) is 4.23. The first-order chi connectivity index (χ1) is 7.24. The second kappa shape index (κ2) is 6.17. The van der Waals surface area contributed by atoms with Crippen molar-refractivity contribution in [1.29, 1.82) is 0 Å². The molecule has 0 radical (unpaired) electrons. The number of nitrogens with zero attached hydrogens (tertiary/aromatic N) is 1. The molecule has 0 aromatic heterocycles. The number of rotatable bonds is 5. The fraction of sp³-hybridized carbons (Fsp3) is 0.417. The van der Waals surface area contributed by atoms with Crippen LogP contribution in [0.25, 0.3) is 0 Å². The standard InChI is InChI=1S/C12H17FN2/c1-2-3-4-9-15-12(14)10-5-7-11(13)8-6-10/h5-8H,2-4,9H2,1H3,(H2,14,15). The molecule has 0 atom stereocenters. The molecule has 1 aromatic rings. The fourth-order valence-electron chi connectivity index (χ4n) is 1.27. The van der Waals surface area contributed by atoms with Gasteiger partial charge >= 0.3 is 0 Å². The number of halogens is 1. The van der Waals surface area contributed by atoms with Gasteiger partial charge in [-0.15, -0.1) is 0 Å². The van der Waals surface area contributed by atoms with Crippen LogP contribution in [0.4, 0.5) is 4.39 Å². The van der Waals surface area contributed by atoms with Crippen LogP contribution in [0.1, 0.15) is 31.7 Å². The Balaban J connectivity index is 2.52. The summed E-state index contributed by atoms with van der Waals surface area (Å²) < 4.78 is 12.6. The molecule has 1 rings (SSSR count). The molecule has 1 aromatic carbocycles. The minimum Gasteiger partial charge on any atom is -0.384 e. The molecule has 82 valence electrons. The van der Waals surface area contributed by atoms with Crippen molar-refractivity contribution in [2.75, 3.05) is 6.54 Å². The van der Waals surface area contributed by atoms with E-state index in [1.807, 2.05) is 0 Å². The average Bonchev–Trinajstić information content (AvgIpc) is 2.25. The lowest BCUT2D eigenvalue weighted by Crippen LogP contribution is -2.13. The van der Waals surface area contributed by atoms with Gasteiger partial charge in [-0.2, -0.15) is 0 Å². The quantitative estimate of drug-likeness (QED) is 0.451. The maximum Gasteiger partial charge on any atom is 0.125 e. The summed E-state index contributed by atoms with van der Waals surface area (Å²) in [7, 11) is 0. The lowest BCUT2D eigenvalue weighted by atomic mass is 10.2.